The number of aromatic nitrogens is 2. The van der Waals surface area contributed by atoms with Gasteiger partial charge in [0, 0.05) is 32.2 Å². The Balaban J connectivity index is 1.70. The van der Waals surface area contributed by atoms with Crippen LogP contribution in [0.1, 0.15) is 0 Å². The van der Waals surface area contributed by atoms with Crippen molar-refractivity contribution in [2.24, 2.45) is 0 Å². The number of hydrogen-bond acceptors (Lipinski definition) is 4. The predicted octanol–water partition coefficient (Wildman–Crippen LogP) is 2.60. The molecule has 1 aromatic carbocycles. The van der Waals surface area contributed by atoms with Gasteiger partial charge in [-0.25, -0.2) is 4.39 Å². The van der Waals surface area contributed by atoms with Crippen molar-refractivity contribution in [3.63, 3.8) is 0 Å². The first-order chi connectivity index (χ1) is 9.74. The maximum Gasteiger partial charge on any atom is 0.153 e. The fraction of sp³-hybridized carbons (Fsp3) is 0.286. The zero-order valence-corrected chi connectivity index (χ0v) is 11.6. The molecule has 2 heterocycles. The van der Waals surface area contributed by atoms with E-state index >= 15 is 0 Å². The van der Waals surface area contributed by atoms with Crippen LogP contribution >= 0.6 is 11.6 Å². The van der Waals surface area contributed by atoms with Gasteiger partial charge in [0.15, 0.2) is 5.15 Å². The fourth-order valence-corrected chi connectivity index (χ4v) is 2.57. The second-order valence-electron chi connectivity index (χ2n) is 4.66. The summed E-state index contributed by atoms with van der Waals surface area (Å²) in [7, 11) is 0. The second-order valence-corrected chi connectivity index (χ2v) is 5.05. The van der Waals surface area contributed by atoms with Crippen molar-refractivity contribution in [3.8, 4) is 0 Å². The first-order valence-electron chi connectivity index (χ1n) is 6.47. The van der Waals surface area contributed by atoms with Crippen LogP contribution in [0.25, 0.3) is 0 Å². The Labute approximate surface area is 121 Å². The molecule has 0 saturated carbocycles. The van der Waals surface area contributed by atoms with Crippen molar-refractivity contribution >= 4 is 23.0 Å². The van der Waals surface area contributed by atoms with Gasteiger partial charge in [-0.2, -0.15) is 5.10 Å². The first kappa shape index (κ1) is 13.1. The zero-order chi connectivity index (χ0) is 13.9. The summed E-state index contributed by atoms with van der Waals surface area (Å²) in [5.41, 5.74) is 1.62. The number of hydrogen-bond donors (Lipinski definition) is 0. The number of nitrogens with zero attached hydrogens (tertiary/aromatic N) is 4. The molecule has 0 unspecified atom stereocenters. The van der Waals surface area contributed by atoms with E-state index in [0.717, 1.165) is 31.9 Å². The standard InChI is InChI=1S/C14H14ClFN4/c15-14-9-11(10-17-18-14)19-5-7-20(8-6-19)13-4-2-1-3-12(13)16/h1-4,9-10H,5-8H2. The lowest BCUT2D eigenvalue weighted by molar-refractivity contribution is 0.597. The summed E-state index contributed by atoms with van der Waals surface area (Å²) >= 11 is 5.85. The predicted molar refractivity (Wildman–Crippen MR) is 77.9 cm³/mol. The summed E-state index contributed by atoms with van der Waals surface area (Å²) in [5, 5.41) is 7.98. The van der Waals surface area contributed by atoms with E-state index in [1.165, 1.54) is 6.07 Å². The zero-order valence-electron chi connectivity index (χ0n) is 10.8. The summed E-state index contributed by atoms with van der Waals surface area (Å²) in [6.07, 6.45) is 1.70. The maximum absolute atomic E-state index is 13.8. The lowest BCUT2D eigenvalue weighted by Gasteiger charge is -2.37. The number of halogens is 2. The Hall–Kier alpha value is -1.88. The topological polar surface area (TPSA) is 32.3 Å². The third kappa shape index (κ3) is 2.67. The molecular formula is C14H14ClFN4. The molecule has 0 atom stereocenters. The van der Waals surface area contributed by atoms with Gasteiger partial charge in [0.25, 0.3) is 0 Å². The van der Waals surface area contributed by atoms with Gasteiger partial charge in [0.05, 0.1) is 17.6 Å². The lowest BCUT2D eigenvalue weighted by atomic mass is 10.2. The fourth-order valence-electron chi connectivity index (χ4n) is 2.42. The molecule has 1 saturated heterocycles. The average Bonchev–Trinajstić information content (AvgIpc) is 2.48. The highest BCUT2D eigenvalue weighted by molar-refractivity contribution is 6.29. The van der Waals surface area contributed by atoms with Crippen molar-refractivity contribution in [1.29, 1.82) is 0 Å². The molecule has 1 fully saturated rings. The number of benzene rings is 1. The van der Waals surface area contributed by atoms with Crippen LogP contribution in [0.4, 0.5) is 15.8 Å². The molecule has 0 spiro atoms. The van der Waals surface area contributed by atoms with Crippen molar-refractivity contribution in [2.45, 2.75) is 0 Å². The van der Waals surface area contributed by atoms with Crippen molar-refractivity contribution in [3.05, 3.63) is 47.5 Å². The van der Waals surface area contributed by atoms with Crippen LogP contribution in [0.2, 0.25) is 5.15 Å². The molecule has 20 heavy (non-hydrogen) atoms. The number of anilines is 2. The summed E-state index contributed by atoms with van der Waals surface area (Å²) in [6.45, 7) is 3.13. The van der Waals surface area contributed by atoms with Gasteiger partial charge < -0.3 is 9.80 Å². The molecule has 2 aromatic rings. The van der Waals surface area contributed by atoms with E-state index in [0.29, 0.717) is 10.8 Å². The van der Waals surface area contributed by atoms with Crippen LogP contribution in [0.3, 0.4) is 0 Å². The largest absolute Gasteiger partial charge is 0.367 e. The maximum atomic E-state index is 13.8. The third-order valence-corrected chi connectivity index (χ3v) is 3.63. The van der Waals surface area contributed by atoms with Gasteiger partial charge in [-0.1, -0.05) is 23.7 Å². The van der Waals surface area contributed by atoms with E-state index in [-0.39, 0.29) is 5.82 Å². The summed E-state index contributed by atoms with van der Waals surface area (Å²) in [6, 6.07) is 8.68. The minimum absolute atomic E-state index is 0.172. The number of para-hydroxylation sites is 1. The van der Waals surface area contributed by atoms with Crippen molar-refractivity contribution in [2.75, 3.05) is 36.0 Å². The third-order valence-electron chi connectivity index (χ3n) is 3.45. The highest BCUT2D eigenvalue weighted by Gasteiger charge is 2.19. The average molecular weight is 293 g/mol. The number of rotatable bonds is 2. The van der Waals surface area contributed by atoms with Crippen LogP contribution in [0.5, 0.6) is 0 Å². The molecule has 0 aliphatic carbocycles. The molecule has 0 radical (unpaired) electrons. The van der Waals surface area contributed by atoms with Gasteiger partial charge >= 0.3 is 0 Å². The monoisotopic (exact) mass is 292 g/mol. The van der Waals surface area contributed by atoms with Crippen LogP contribution < -0.4 is 9.80 Å². The molecule has 0 N–H and O–H groups in total. The number of piperazine rings is 1. The van der Waals surface area contributed by atoms with Gasteiger partial charge in [-0.05, 0) is 12.1 Å². The van der Waals surface area contributed by atoms with Gasteiger partial charge in [0.2, 0.25) is 0 Å². The van der Waals surface area contributed by atoms with Gasteiger partial charge in [0.1, 0.15) is 5.82 Å². The van der Waals surface area contributed by atoms with Crippen LogP contribution in [-0.4, -0.2) is 36.4 Å². The smallest absolute Gasteiger partial charge is 0.153 e. The first-order valence-corrected chi connectivity index (χ1v) is 6.84. The SMILES string of the molecule is Fc1ccccc1N1CCN(c2cnnc(Cl)c2)CC1. The van der Waals surface area contributed by atoms with E-state index < -0.39 is 0 Å². The molecule has 0 bridgehead atoms. The lowest BCUT2D eigenvalue weighted by Crippen LogP contribution is -2.46. The highest BCUT2D eigenvalue weighted by Crippen LogP contribution is 2.23. The Morgan fingerprint density at radius 3 is 2.45 bits per heavy atom. The van der Waals surface area contributed by atoms with E-state index in [1.807, 2.05) is 12.1 Å². The van der Waals surface area contributed by atoms with Crippen molar-refractivity contribution in [1.82, 2.24) is 10.2 Å². The Kier molecular flexibility index (Phi) is 3.69. The summed E-state index contributed by atoms with van der Waals surface area (Å²) < 4.78 is 13.8. The van der Waals surface area contributed by atoms with Gasteiger partial charge in [-0.15, -0.1) is 5.10 Å². The van der Waals surface area contributed by atoms with Gasteiger partial charge in [-0.3, -0.25) is 0 Å². The molecule has 104 valence electrons. The normalized spacial score (nSPS) is 15.5. The molecule has 3 rings (SSSR count). The Bertz CT molecular complexity index is 599. The van der Waals surface area contributed by atoms with E-state index in [2.05, 4.69) is 20.0 Å². The van der Waals surface area contributed by atoms with Crippen molar-refractivity contribution < 1.29 is 4.39 Å². The minimum Gasteiger partial charge on any atom is -0.367 e. The second kappa shape index (κ2) is 5.63. The molecule has 6 heteroatoms. The Morgan fingerprint density at radius 1 is 1.05 bits per heavy atom. The molecule has 1 aromatic heterocycles. The molecule has 4 nitrogen and oxygen atoms in total. The molecule has 1 aliphatic rings. The van der Waals surface area contributed by atoms with E-state index in [4.69, 9.17) is 11.6 Å². The van der Waals surface area contributed by atoms with E-state index in [1.54, 1.807) is 18.3 Å². The van der Waals surface area contributed by atoms with Crippen LogP contribution in [0, 0.1) is 5.82 Å². The van der Waals surface area contributed by atoms with Crippen LogP contribution in [0.15, 0.2) is 36.5 Å². The summed E-state index contributed by atoms with van der Waals surface area (Å²) in [4.78, 5) is 4.24. The summed E-state index contributed by atoms with van der Waals surface area (Å²) in [5.74, 6) is -0.172. The van der Waals surface area contributed by atoms with E-state index in [9.17, 15) is 4.39 Å². The molecule has 1 aliphatic heterocycles. The minimum atomic E-state index is -0.172. The Morgan fingerprint density at radius 2 is 1.75 bits per heavy atom. The highest BCUT2D eigenvalue weighted by atomic mass is 35.5. The quantitative estimate of drug-likeness (QED) is 0.852. The molecular weight excluding hydrogens is 279 g/mol. The molecule has 0 amide bonds. The van der Waals surface area contributed by atoms with Crippen LogP contribution in [-0.2, 0) is 0 Å².